The molecular formula is C31H32ClF3N8O5. The van der Waals surface area contributed by atoms with Crippen LogP contribution in [-0.4, -0.2) is 102 Å². The Morgan fingerprint density at radius 2 is 1.71 bits per heavy atom. The third-order valence-corrected chi connectivity index (χ3v) is 9.33. The molecule has 0 radical (unpaired) electrons. The molecule has 13 nitrogen and oxygen atoms in total. The SMILES string of the molecule is C=C(C)Cn1cc(-c2cnc(C(=O)Nc3ccc(C(=O)N4CCN(C(=O)[C@H]5[C@@H]6CN(C(=O)O)C[C@@H]65)CC4)c(Cl)c3)n2C)c(C(F)(F)F)n1. The normalized spacial score (nSPS) is 20.5. The second-order valence-corrected chi connectivity index (χ2v) is 12.8. The second kappa shape index (κ2) is 12.3. The van der Waals surface area contributed by atoms with Gasteiger partial charge in [0.15, 0.2) is 11.5 Å². The number of halogens is 4. The summed E-state index contributed by atoms with van der Waals surface area (Å²) in [5.74, 6) is -1.26. The van der Waals surface area contributed by atoms with Crippen LogP contribution in [0.2, 0.25) is 5.02 Å². The summed E-state index contributed by atoms with van der Waals surface area (Å²) in [5.41, 5.74) is -0.272. The van der Waals surface area contributed by atoms with Gasteiger partial charge in [-0.1, -0.05) is 23.8 Å². The molecule has 0 spiro atoms. The fraction of sp³-hybridized carbons (Fsp3) is 0.419. The van der Waals surface area contributed by atoms with E-state index >= 15 is 0 Å². The van der Waals surface area contributed by atoms with Gasteiger partial charge < -0.3 is 29.7 Å². The lowest BCUT2D eigenvalue weighted by Gasteiger charge is -2.35. The average molecular weight is 689 g/mol. The number of nitrogens with one attached hydrogen (secondary N) is 1. The number of carboxylic acid groups (broad SMARTS) is 1. The van der Waals surface area contributed by atoms with Crippen LogP contribution >= 0.6 is 11.6 Å². The molecule has 1 saturated carbocycles. The van der Waals surface area contributed by atoms with Gasteiger partial charge in [-0.05, 0) is 37.0 Å². The number of alkyl halides is 3. The lowest BCUT2D eigenvalue weighted by atomic mass is 10.1. The quantitative estimate of drug-likeness (QED) is 0.358. The van der Waals surface area contributed by atoms with Crippen LogP contribution in [0.3, 0.4) is 0 Å². The first-order valence-corrected chi connectivity index (χ1v) is 15.5. The fourth-order valence-electron chi connectivity index (χ4n) is 6.56. The van der Waals surface area contributed by atoms with Gasteiger partial charge in [-0.25, -0.2) is 9.78 Å². The lowest BCUT2D eigenvalue weighted by Crippen LogP contribution is -2.51. The second-order valence-electron chi connectivity index (χ2n) is 12.4. The predicted octanol–water partition coefficient (Wildman–Crippen LogP) is 3.92. The molecule has 2 aromatic heterocycles. The highest BCUT2D eigenvalue weighted by molar-refractivity contribution is 6.34. The Labute approximate surface area is 277 Å². The monoisotopic (exact) mass is 688 g/mol. The van der Waals surface area contributed by atoms with E-state index < -0.39 is 23.9 Å². The number of imidazole rings is 1. The van der Waals surface area contributed by atoms with Crippen LogP contribution in [0.1, 0.15) is 33.6 Å². The molecule has 254 valence electrons. The van der Waals surface area contributed by atoms with Crippen molar-refractivity contribution in [2.45, 2.75) is 19.6 Å². The Bertz CT molecular complexity index is 1820. The number of rotatable bonds is 7. The van der Waals surface area contributed by atoms with Crippen molar-refractivity contribution in [3.8, 4) is 11.3 Å². The number of benzene rings is 1. The van der Waals surface area contributed by atoms with E-state index in [4.69, 9.17) is 16.7 Å². The minimum Gasteiger partial charge on any atom is -0.465 e. The number of fused-ring (bicyclic) bond motifs is 1. The molecule has 3 atom stereocenters. The van der Waals surface area contributed by atoms with E-state index in [0.717, 1.165) is 10.9 Å². The van der Waals surface area contributed by atoms with Crippen molar-refractivity contribution < 1.29 is 37.5 Å². The molecule has 3 aliphatic rings. The number of piperazine rings is 1. The topological polar surface area (TPSA) is 146 Å². The maximum absolute atomic E-state index is 13.8. The van der Waals surface area contributed by atoms with E-state index in [1.165, 1.54) is 40.9 Å². The average Bonchev–Trinajstić information content (AvgIpc) is 3.37. The lowest BCUT2D eigenvalue weighted by molar-refractivity contribution is -0.141. The van der Waals surface area contributed by atoms with Crippen molar-refractivity contribution in [3.63, 3.8) is 0 Å². The third-order valence-electron chi connectivity index (χ3n) is 9.01. The maximum Gasteiger partial charge on any atom is 0.435 e. The number of aromatic nitrogens is 4. The van der Waals surface area contributed by atoms with Gasteiger partial charge in [0.25, 0.3) is 11.8 Å². The highest BCUT2D eigenvalue weighted by Gasteiger charge is 2.61. The molecule has 4 amide bonds. The number of carbonyl (C=O) groups excluding carboxylic acids is 3. The van der Waals surface area contributed by atoms with Gasteiger partial charge in [0.1, 0.15) is 0 Å². The summed E-state index contributed by atoms with van der Waals surface area (Å²) in [4.78, 5) is 59.3. The summed E-state index contributed by atoms with van der Waals surface area (Å²) < 4.78 is 43.7. The first-order valence-electron chi connectivity index (χ1n) is 15.1. The Kier molecular flexibility index (Phi) is 8.47. The summed E-state index contributed by atoms with van der Waals surface area (Å²) in [6, 6.07) is 4.34. The van der Waals surface area contributed by atoms with Gasteiger partial charge >= 0.3 is 12.3 Å². The number of hydrogen-bond donors (Lipinski definition) is 2. The van der Waals surface area contributed by atoms with Gasteiger partial charge in [0, 0.05) is 64.1 Å². The Morgan fingerprint density at radius 1 is 1.06 bits per heavy atom. The molecule has 6 rings (SSSR count). The highest BCUT2D eigenvalue weighted by atomic mass is 35.5. The molecule has 0 bridgehead atoms. The van der Waals surface area contributed by atoms with Gasteiger partial charge in [-0.2, -0.15) is 18.3 Å². The number of amides is 4. The van der Waals surface area contributed by atoms with Crippen molar-refractivity contribution in [3.05, 3.63) is 64.8 Å². The first kappa shape index (κ1) is 33.1. The van der Waals surface area contributed by atoms with Crippen molar-refractivity contribution in [1.29, 1.82) is 0 Å². The zero-order valence-electron chi connectivity index (χ0n) is 26.0. The van der Waals surface area contributed by atoms with Crippen LogP contribution in [0.4, 0.5) is 23.7 Å². The number of nitrogens with zero attached hydrogens (tertiary/aromatic N) is 7. The van der Waals surface area contributed by atoms with Crippen molar-refractivity contribution in [1.82, 2.24) is 34.0 Å². The van der Waals surface area contributed by atoms with Gasteiger partial charge in [0.05, 0.1) is 34.6 Å². The van der Waals surface area contributed by atoms with E-state index in [2.05, 4.69) is 22.0 Å². The number of likely N-dealkylation sites (tertiary alicyclic amines) is 1. The molecular weight excluding hydrogens is 657 g/mol. The third kappa shape index (κ3) is 6.23. The van der Waals surface area contributed by atoms with E-state index in [0.29, 0.717) is 44.8 Å². The molecule has 2 saturated heterocycles. The number of hydrogen-bond acceptors (Lipinski definition) is 6. The maximum atomic E-state index is 13.8. The van der Waals surface area contributed by atoms with Crippen LogP contribution < -0.4 is 5.32 Å². The fourth-order valence-corrected chi connectivity index (χ4v) is 6.82. The summed E-state index contributed by atoms with van der Waals surface area (Å²) in [6.45, 7) is 7.50. The van der Waals surface area contributed by atoms with Gasteiger partial charge in [-0.3, -0.25) is 19.1 Å². The van der Waals surface area contributed by atoms with Gasteiger partial charge in [-0.15, -0.1) is 0 Å². The van der Waals surface area contributed by atoms with Gasteiger partial charge in [0.2, 0.25) is 5.91 Å². The molecule has 4 heterocycles. The minimum absolute atomic E-state index is 0.00117. The molecule has 17 heteroatoms. The summed E-state index contributed by atoms with van der Waals surface area (Å²) in [7, 11) is 1.42. The molecule has 1 aliphatic carbocycles. The zero-order chi connectivity index (χ0) is 34.7. The highest BCUT2D eigenvalue weighted by Crippen LogP contribution is 2.52. The number of anilines is 1. The van der Waals surface area contributed by atoms with Crippen molar-refractivity contribution in [2.75, 3.05) is 44.6 Å². The van der Waals surface area contributed by atoms with E-state index in [-0.39, 0.29) is 69.5 Å². The number of piperidine rings is 1. The van der Waals surface area contributed by atoms with Crippen LogP contribution in [0.5, 0.6) is 0 Å². The Hall–Kier alpha value is -4.86. The largest absolute Gasteiger partial charge is 0.465 e. The summed E-state index contributed by atoms with van der Waals surface area (Å²) in [5, 5.41) is 15.5. The Morgan fingerprint density at radius 3 is 2.29 bits per heavy atom. The molecule has 2 aliphatic heterocycles. The molecule has 3 fully saturated rings. The number of carbonyl (C=O) groups is 4. The van der Waals surface area contributed by atoms with Crippen LogP contribution in [0.15, 0.2) is 42.7 Å². The molecule has 1 aromatic carbocycles. The van der Waals surface area contributed by atoms with E-state index in [1.54, 1.807) is 16.7 Å². The molecule has 48 heavy (non-hydrogen) atoms. The Balaban J connectivity index is 1.07. The smallest absolute Gasteiger partial charge is 0.435 e. The van der Waals surface area contributed by atoms with Crippen molar-refractivity contribution in [2.24, 2.45) is 24.8 Å². The number of allylic oxidation sites excluding steroid dienone is 1. The molecule has 2 N–H and O–H groups in total. The van der Waals surface area contributed by atoms with Crippen LogP contribution in [-0.2, 0) is 24.6 Å². The molecule has 0 unspecified atom stereocenters. The molecule has 3 aromatic rings. The van der Waals surface area contributed by atoms with Crippen LogP contribution in [0.25, 0.3) is 11.3 Å². The summed E-state index contributed by atoms with van der Waals surface area (Å²) in [6.07, 6.45) is -3.32. The van der Waals surface area contributed by atoms with Crippen LogP contribution in [0, 0.1) is 17.8 Å². The standard InChI is InChI=1S/C31H32ClF3N8O5/c1-16(2)12-43-15-21(25(38-43)31(33,34)35)23-11-36-26(39(23)3)27(44)37-17-4-5-18(22(32)10-17)28(45)40-6-8-41(9-7-40)29(46)24-19-13-42(30(47)48)14-20(19)24/h4-5,10-11,15,19-20,24H,1,6-9,12-14H2,2-3H3,(H,37,44)(H,47,48)/t19-,20+,24+. The minimum atomic E-state index is -4.74. The first-order chi connectivity index (χ1) is 22.6. The summed E-state index contributed by atoms with van der Waals surface area (Å²) >= 11 is 6.45. The van der Waals surface area contributed by atoms with E-state index in [9.17, 15) is 32.3 Å². The van der Waals surface area contributed by atoms with E-state index in [1.807, 2.05) is 0 Å². The zero-order valence-corrected chi connectivity index (χ0v) is 26.8. The van der Waals surface area contributed by atoms with Crippen molar-refractivity contribution >= 4 is 41.1 Å². The predicted molar refractivity (Wildman–Crippen MR) is 166 cm³/mol.